The number of hydrogen-bond acceptors (Lipinski definition) is 4. The van der Waals surface area contributed by atoms with Gasteiger partial charge in [0, 0.05) is 21.5 Å². The van der Waals surface area contributed by atoms with Crippen molar-refractivity contribution in [3.05, 3.63) is 98.0 Å². The lowest BCUT2D eigenvalue weighted by Crippen LogP contribution is -2.54. The van der Waals surface area contributed by atoms with Crippen LogP contribution in [0.1, 0.15) is 29.2 Å². The van der Waals surface area contributed by atoms with Gasteiger partial charge in [-0.1, -0.05) is 63.4 Å². The Morgan fingerprint density at radius 2 is 1.77 bits per heavy atom. The summed E-state index contributed by atoms with van der Waals surface area (Å²) < 4.78 is 6.81. The molecule has 8 heteroatoms. The van der Waals surface area contributed by atoms with E-state index >= 15 is 0 Å². The molecule has 0 bridgehead atoms. The van der Waals surface area contributed by atoms with E-state index in [2.05, 4.69) is 21.2 Å². The average Bonchev–Trinajstić information content (AvgIpc) is 2.81. The fourth-order valence-electron chi connectivity index (χ4n) is 3.76. The van der Waals surface area contributed by atoms with E-state index in [9.17, 15) is 14.4 Å². The van der Waals surface area contributed by atoms with Gasteiger partial charge in [-0.25, -0.2) is 9.69 Å². The summed E-state index contributed by atoms with van der Waals surface area (Å²) in [6.45, 7) is 4.18. The van der Waals surface area contributed by atoms with Crippen molar-refractivity contribution in [3.8, 4) is 5.75 Å². The number of ether oxygens (including phenoxy) is 1. The Morgan fingerprint density at radius 1 is 1.06 bits per heavy atom. The Morgan fingerprint density at radius 3 is 2.46 bits per heavy atom. The number of nitrogens with one attached hydrogen (secondary N) is 1. The molecule has 0 spiro atoms. The number of amides is 4. The summed E-state index contributed by atoms with van der Waals surface area (Å²) in [5, 5.41) is 2.68. The molecule has 0 saturated carbocycles. The molecule has 0 atom stereocenters. The van der Waals surface area contributed by atoms with Crippen LogP contribution in [0.2, 0.25) is 5.02 Å². The molecule has 0 aliphatic carbocycles. The Kier molecular flexibility index (Phi) is 7.38. The fraction of sp³-hybridized carbons (Fsp3) is 0.148. The van der Waals surface area contributed by atoms with Crippen molar-refractivity contribution in [2.45, 2.75) is 20.3 Å². The first kappa shape index (κ1) is 24.7. The monoisotopic (exact) mass is 552 g/mol. The third-order valence-electron chi connectivity index (χ3n) is 5.51. The topological polar surface area (TPSA) is 75.7 Å². The minimum atomic E-state index is -0.794. The van der Waals surface area contributed by atoms with Crippen molar-refractivity contribution >= 4 is 57.1 Å². The van der Waals surface area contributed by atoms with Crippen LogP contribution in [0.5, 0.6) is 5.75 Å². The van der Waals surface area contributed by atoms with Crippen molar-refractivity contribution in [3.63, 3.8) is 0 Å². The van der Waals surface area contributed by atoms with E-state index in [1.165, 1.54) is 6.08 Å². The second-order valence-electron chi connectivity index (χ2n) is 7.97. The van der Waals surface area contributed by atoms with E-state index in [1.54, 1.807) is 36.4 Å². The Balaban J connectivity index is 1.72. The molecule has 1 heterocycles. The molecule has 0 unspecified atom stereocenters. The van der Waals surface area contributed by atoms with Gasteiger partial charge in [-0.05, 0) is 61.4 Å². The highest BCUT2D eigenvalue weighted by Gasteiger charge is 2.36. The third-order valence-corrected chi connectivity index (χ3v) is 6.62. The first-order valence-electron chi connectivity index (χ1n) is 10.9. The molecular formula is C27H22BrClN2O4. The number of barbiturate groups is 1. The fourth-order valence-corrected chi connectivity index (χ4v) is 4.47. The maximum Gasteiger partial charge on any atom is 0.335 e. The number of carbonyl (C=O) groups excluding carboxylic acids is 3. The van der Waals surface area contributed by atoms with Gasteiger partial charge in [0.2, 0.25) is 0 Å². The zero-order chi connectivity index (χ0) is 25.1. The SMILES string of the molecule is CCOc1cc(/C=C2\C(=O)NC(=O)N(c3ccc(C)cc3)C2=O)cc(Cl)c1Cc1ccccc1Br. The normalized spacial score (nSPS) is 14.9. The van der Waals surface area contributed by atoms with Gasteiger partial charge >= 0.3 is 6.03 Å². The van der Waals surface area contributed by atoms with Crippen molar-refractivity contribution in [1.82, 2.24) is 5.32 Å². The van der Waals surface area contributed by atoms with E-state index in [0.717, 1.165) is 26.1 Å². The third kappa shape index (κ3) is 5.31. The molecule has 4 rings (SSSR count). The van der Waals surface area contributed by atoms with E-state index in [4.69, 9.17) is 16.3 Å². The number of benzene rings is 3. The second-order valence-corrected chi connectivity index (χ2v) is 9.24. The largest absolute Gasteiger partial charge is 0.494 e. The van der Waals surface area contributed by atoms with Gasteiger partial charge in [0.05, 0.1) is 12.3 Å². The molecule has 1 aliphatic rings. The Bertz CT molecular complexity index is 1350. The lowest BCUT2D eigenvalue weighted by molar-refractivity contribution is -0.122. The van der Waals surface area contributed by atoms with Crippen molar-refractivity contribution in [1.29, 1.82) is 0 Å². The number of anilines is 1. The van der Waals surface area contributed by atoms with Crippen LogP contribution in [0.4, 0.5) is 10.5 Å². The van der Waals surface area contributed by atoms with Crippen molar-refractivity contribution in [2.24, 2.45) is 0 Å². The van der Waals surface area contributed by atoms with Gasteiger partial charge in [0.25, 0.3) is 11.8 Å². The smallest absolute Gasteiger partial charge is 0.335 e. The standard InChI is InChI=1S/C27H22BrClN2O4/c1-3-35-24-14-17(13-23(29)20(24)15-18-6-4-5-7-22(18)28)12-21-25(32)30-27(34)31(26(21)33)19-10-8-16(2)9-11-19/h4-14H,3,15H2,1-2H3,(H,30,32,34)/b21-12+. The highest BCUT2D eigenvalue weighted by molar-refractivity contribution is 9.10. The predicted octanol–water partition coefficient (Wildman–Crippen LogP) is 6.07. The number of imide groups is 2. The van der Waals surface area contributed by atoms with Crippen LogP contribution in [0.15, 0.2) is 70.7 Å². The first-order valence-corrected chi connectivity index (χ1v) is 12.1. The second kappa shape index (κ2) is 10.5. The van der Waals surface area contributed by atoms with Crippen molar-refractivity contribution in [2.75, 3.05) is 11.5 Å². The molecule has 6 nitrogen and oxygen atoms in total. The number of nitrogens with zero attached hydrogens (tertiary/aromatic N) is 1. The molecule has 1 aliphatic heterocycles. The van der Waals surface area contributed by atoms with E-state index in [1.807, 2.05) is 38.1 Å². The quantitative estimate of drug-likeness (QED) is 0.297. The summed E-state index contributed by atoms with van der Waals surface area (Å²) >= 11 is 10.2. The lowest BCUT2D eigenvalue weighted by atomic mass is 10.00. The summed E-state index contributed by atoms with van der Waals surface area (Å²) in [5.41, 5.74) is 3.50. The summed E-state index contributed by atoms with van der Waals surface area (Å²) in [6.07, 6.45) is 1.95. The van der Waals surface area contributed by atoms with Crippen LogP contribution in [-0.4, -0.2) is 24.5 Å². The molecule has 3 aromatic carbocycles. The summed E-state index contributed by atoms with van der Waals surface area (Å²) in [7, 11) is 0. The number of hydrogen-bond donors (Lipinski definition) is 1. The van der Waals surface area contributed by atoms with Crippen LogP contribution in [0.25, 0.3) is 6.08 Å². The van der Waals surface area contributed by atoms with Crippen LogP contribution < -0.4 is 15.0 Å². The molecule has 35 heavy (non-hydrogen) atoms. The Hall–Kier alpha value is -3.42. The molecule has 4 amide bonds. The van der Waals surface area contributed by atoms with Gasteiger partial charge in [-0.15, -0.1) is 0 Å². The predicted molar refractivity (Wildman–Crippen MR) is 140 cm³/mol. The number of urea groups is 1. The van der Waals surface area contributed by atoms with E-state index in [-0.39, 0.29) is 5.57 Å². The van der Waals surface area contributed by atoms with Gasteiger partial charge in [0.1, 0.15) is 11.3 Å². The molecule has 0 radical (unpaired) electrons. The molecule has 1 saturated heterocycles. The summed E-state index contributed by atoms with van der Waals surface area (Å²) in [4.78, 5) is 39.1. The Labute approximate surface area is 216 Å². The van der Waals surface area contributed by atoms with Crippen LogP contribution >= 0.6 is 27.5 Å². The molecular weight excluding hydrogens is 532 g/mol. The average molecular weight is 554 g/mol. The zero-order valence-corrected chi connectivity index (χ0v) is 21.4. The maximum atomic E-state index is 13.2. The van der Waals surface area contributed by atoms with Gasteiger partial charge < -0.3 is 4.74 Å². The van der Waals surface area contributed by atoms with Crippen LogP contribution in [-0.2, 0) is 16.0 Å². The highest BCUT2D eigenvalue weighted by Crippen LogP contribution is 2.34. The number of carbonyl (C=O) groups is 3. The molecule has 1 N–H and O–H groups in total. The van der Waals surface area contributed by atoms with Crippen molar-refractivity contribution < 1.29 is 19.1 Å². The first-order chi connectivity index (χ1) is 16.8. The van der Waals surface area contributed by atoms with Gasteiger partial charge in [-0.2, -0.15) is 0 Å². The minimum Gasteiger partial charge on any atom is -0.494 e. The minimum absolute atomic E-state index is 0.178. The summed E-state index contributed by atoms with van der Waals surface area (Å²) in [6, 6.07) is 17.3. The summed E-state index contributed by atoms with van der Waals surface area (Å²) in [5.74, 6) is -0.929. The lowest BCUT2D eigenvalue weighted by Gasteiger charge is -2.26. The number of rotatable bonds is 6. The highest BCUT2D eigenvalue weighted by atomic mass is 79.9. The van der Waals surface area contributed by atoms with E-state index in [0.29, 0.717) is 35.1 Å². The van der Waals surface area contributed by atoms with Crippen LogP contribution in [0.3, 0.4) is 0 Å². The molecule has 178 valence electrons. The molecule has 0 aromatic heterocycles. The van der Waals surface area contributed by atoms with E-state index < -0.39 is 17.8 Å². The number of halogens is 2. The maximum absolute atomic E-state index is 13.2. The molecule has 3 aromatic rings. The number of aryl methyl sites for hydroxylation is 1. The molecule has 1 fully saturated rings. The zero-order valence-electron chi connectivity index (χ0n) is 19.1. The van der Waals surface area contributed by atoms with Gasteiger partial charge in [-0.3, -0.25) is 14.9 Å². The van der Waals surface area contributed by atoms with Crippen LogP contribution in [0, 0.1) is 6.92 Å². The van der Waals surface area contributed by atoms with Gasteiger partial charge in [0.15, 0.2) is 0 Å².